The lowest BCUT2D eigenvalue weighted by Gasteiger charge is -2.35. The number of methoxy groups -OCH3 is 2. The van der Waals surface area contributed by atoms with Gasteiger partial charge in [0.1, 0.15) is 7.11 Å². The second-order valence-corrected chi connectivity index (χ2v) is 9.48. The van der Waals surface area contributed by atoms with E-state index in [0.717, 1.165) is 16.7 Å². The zero-order valence-corrected chi connectivity index (χ0v) is 22.9. The van der Waals surface area contributed by atoms with Crippen LogP contribution in [0.4, 0.5) is 0 Å². The summed E-state index contributed by atoms with van der Waals surface area (Å²) in [6.45, 7) is 0.112. The van der Waals surface area contributed by atoms with Gasteiger partial charge < -0.3 is 24.5 Å². The average molecular weight is 544 g/mol. The Kier molecular flexibility index (Phi) is 9.16. The summed E-state index contributed by atoms with van der Waals surface area (Å²) < 4.78 is 10.7. The molecule has 0 unspecified atom stereocenters. The number of nitrogens with zero attached hydrogens (tertiary/aromatic N) is 2. The van der Waals surface area contributed by atoms with Crippen LogP contribution in [0.15, 0.2) is 84.0 Å². The van der Waals surface area contributed by atoms with Crippen molar-refractivity contribution < 1.29 is 28.7 Å². The van der Waals surface area contributed by atoms with E-state index in [1.54, 1.807) is 25.3 Å². The Bertz CT molecular complexity index is 1380. The van der Waals surface area contributed by atoms with Crippen molar-refractivity contribution in [1.29, 1.82) is 0 Å². The van der Waals surface area contributed by atoms with Crippen LogP contribution in [0.1, 0.15) is 23.1 Å². The number of carbonyl (C=O) groups is 3. The number of amides is 2. The topological polar surface area (TPSA) is 107 Å². The number of carbonyl (C=O) groups excluding carboxylic acids is 3. The minimum atomic E-state index is -1.80. The number of ketones is 1. The third-order valence-electron chi connectivity index (χ3n) is 6.93. The van der Waals surface area contributed by atoms with E-state index in [9.17, 15) is 14.4 Å². The fourth-order valence-electron chi connectivity index (χ4n) is 4.95. The fraction of sp³-hybridized carbons (Fsp3) is 0.290. The maximum Gasteiger partial charge on any atom is 0.254 e. The van der Waals surface area contributed by atoms with Crippen molar-refractivity contribution >= 4 is 23.3 Å². The molecule has 0 saturated carbocycles. The Morgan fingerprint density at radius 3 is 2.05 bits per heavy atom. The predicted molar refractivity (Wildman–Crippen MR) is 150 cm³/mol. The van der Waals surface area contributed by atoms with Crippen LogP contribution in [0.5, 0.6) is 11.5 Å². The quantitative estimate of drug-likeness (QED) is 0.294. The van der Waals surface area contributed by atoms with Gasteiger partial charge in [-0.3, -0.25) is 14.4 Å². The summed E-state index contributed by atoms with van der Waals surface area (Å²) in [6.07, 6.45) is -0.0603. The summed E-state index contributed by atoms with van der Waals surface area (Å²) in [6, 6.07) is 23.7. The van der Waals surface area contributed by atoms with Gasteiger partial charge >= 0.3 is 0 Å². The van der Waals surface area contributed by atoms with E-state index in [1.165, 1.54) is 19.1 Å². The van der Waals surface area contributed by atoms with Gasteiger partial charge in [-0.2, -0.15) is 0 Å². The molecule has 0 radical (unpaired) electrons. The highest BCUT2D eigenvalue weighted by Crippen LogP contribution is 2.33. The van der Waals surface area contributed by atoms with Crippen LogP contribution < -0.4 is 14.8 Å². The number of rotatable bonds is 11. The molecule has 1 aliphatic rings. The van der Waals surface area contributed by atoms with E-state index in [0.29, 0.717) is 17.2 Å². The molecular weight excluding hydrogens is 510 g/mol. The first-order valence-electron chi connectivity index (χ1n) is 12.9. The largest absolute Gasteiger partial charge is 0.493 e. The summed E-state index contributed by atoms with van der Waals surface area (Å²) in [5, 5.41) is 6.95. The molecule has 9 nitrogen and oxygen atoms in total. The Balaban J connectivity index is 1.69. The second-order valence-electron chi connectivity index (χ2n) is 9.48. The number of ether oxygens (including phenoxy) is 2. The normalized spacial score (nSPS) is 17.4. The highest BCUT2D eigenvalue weighted by molar-refractivity contribution is 6.19. The number of likely N-dealkylation sites (tertiary alicyclic amines) is 1. The van der Waals surface area contributed by atoms with E-state index in [-0.39, 0.29) is 38.3 Å². The monoisotopic (exact) mass is 543 g/mol. The third-order valence-corrected chi connectivity index (χ3v) is 6.93. The summed E-state index contributed by atoms with van der Waals surface area (Å²) in [5.41, 5.74) is 0.899. The second kappa shape index (κ2) is 12.9. The van der Waals surface area contributed by atoms with Gasteiger partial charge in [0.2, 0.25) is 5.91 Å². The van der Waals surface area contributed by atoms with E-state index in [1.807, 2.05) is 60.7 Å². The van der Waals surface area contributed by atoms with Crippen LogP contribution in [-0.4, -0.2) is 61.6 Å². The highest BCUT2D eigenvalue weighted by atomic mass is 16.6. The summed E-state index contributed by atoms with van der Waals surface area (Å²) in [5.74, 6) is -0.257. The SMILES string of the molecule is CO/N=C1/CN(C(=O)Cc2ccccc2)[C@@](C(=O)Cc2ccccc2)(C(=O)NCc2ccc(OC)c(OC)c2)C1. The average Bonchev–Trinajstić information content (AvgIpc) is 3.37. The van der Waals surface area contributed by atoms with Crippen molar-refractivity contribution in [2.24, 2.45) is 5.16 Å². The molecule has 1 atom stereocenters. The Morgan fingerprint density at radius 1 is 0.825 bits per heavy atom. The van der Waals surface area contributed by atoms with Crippen LogP contribution in [0.3, 0.4) is 0 Å². The van der Waals surface area contributed by atoms with Gasteiger partial charge in [-0.1, -0.05) is 71.9 Å². The van der Waals surface area contributed by atoms with Gasteiger partial charge in [-0.25, -0.2) is 0 Å². The zero-order chi connectivity index (χ0) is 28.5. The van der Waals surface area contributed by atoms with Gasteiger partial charge in [0.25, 0.3) is 5.91 Å². The van der Waals surface area contributed by atoms with E-state index < -0.39 is 17.2 Å². The molecule has 3 aromatic carbocycles. The van der Waals surface area contributed by atoms with Crippen LogP contribution in [0.2, 0.25) is 0 Å². The molecule has 0 bridgehead atoms. The van der Waals surface area contributed by atoms with Gasteiger partial charge in [0, 0.05) is 19.4 Å². The number of benzene rings is 3. The van der Waals surface area contributed by atoms with Gasteiger partial charge in [-0.15, -0.1) is 0 Å². The van der Waals surface area contributed by atoms with Crippen molar-refractivity contribution in [3.8, 4) is 11.5 Å². The maximum absolute atomic E-state index is 14.1. The lowest BCUT2D eigenvalue weighted by molar-refractivity contribution is -0.152. The van der Waals surface area contributed by atoms with Gasteiger partial charge in [0.05, 0.1) is 32.9 Å². The molecule has 9 heteroatoms. The molecule has 1 aliphatic heterocycles. The van der Waals surface area contributed by atoms with Crippen molar-refractivity contribution in [2.45, 2.75) is 31.3 Å². The van der Waals surface area contributed by atoms with Crippen molar-refractivity contribution in [2.75, 3.05) is 27.9 Å². The lowest BCUT2D eigenvalue weighted by Crippen LogP contribution is -2.62. The molecule has 0 aromatic heterocycles. The molecule has 40 heavy (non-hydrogen) atoms. The van der Waals surface area contributed by atoms with Gasteiger partial charge in [-0.05, 0) is 28.8 Å². The molecular formula is C31H33N3O6. The first-order chi connectivity index (χ1) is 19.4. The standard InChI is InChI=1S/C31H33N3O6/c1-38-26-15-14-24(16-27(26)39-2)20-32-30(37)31(28(35)17-22-10-6-4-7-11-22)19-25(33-40-3)21-34(31)29(36)18-23-12-8-5-9-13-23/h4-16H,17-21H2,1-3H3,(H,32,37)/b33-25+/t31-/m0/s1. The first kappa shape index (κ1) is 28.4. The lowest BCUT2D eigenvalue weighted by atomic mass is 9.85. The van der Waals surface area contributed by atoms with Crippen LogP contribution >= 0.6 is 0 Å². The molecule has 0 aliphatic carbocycles. The highest BCUT2D eigenvalue weighted by Gasteiger charge is 2.57. The molecule has 2 amide bonds. The molecule has 208 valence electrons. The number of hydrogen-bond donors (Lipinski definition) is 1. The van der Waals surface area contributed by atoms with Crippen molar-refractivity contribution in [3.63, 3.8) is 0 Å². The Labute approximate surface area is 233 Å². The number of nitrogens with one attached hydrogen (secondary N) is 1. The molecule has 1 fully saturated rings. The minimum Gasteiger partial charge on any atom is -0.493 e. The van der Waals surface area contributed by atoms with Crippen LogP contribution in [0, 0.1) is 0 Å². The molecule has 1 N–H and O–H groups in total. The Hall–Kier alpha value is -4.66. The minimum absolute atomic E-state index is 0.00378. The molecule has 1 saturated heterocycles. The first-order valence-corrected chi connectivity index (χ1v) is 12.9. The number of hydrogen-bond acceptors (Lipinski definition) is 7. The fourth-order valence-corrected chi connectivity index (χ4v) is 4.95. The smallest absolute Gasteiger partial charge is 0.254 e. The molecule has 0 spiro atoms. The number of Topliss-reactive ketones (excluding diaryl/α,β-unsaturated/α-hetero) is 1. The van der Waals surface area contributed by atoms with Crippen LogP contribution in [0.25, 0.3) is 0 Å². The summed E-state index contributed by atoms with van der Waals surface area (Å²) >= 11 is 0. The third kappa shape index (κ3) is 6.14. The Morgan fingerprint density at radius 2 is 1.45 bits per heavy atom. The van der Waals surface area contributed by atoms with Crippen LogP contribution in [-0.2, 0) is 38.6 Å². The van der Waals surface area contributed by atoms with Crippen molar-refractivity contribution in [3.05, 3.63) is 95.6 Å². The maximum atomic E-state index is 14.1. The predicted octanol–water partition coefficient (Wildman–Crippen LogP) is 3.35. The molecule has 1 heterocycles. The zero-order valence-electron chi connectivity index (χ0n) is 22.9. The summed E-state index contributed by atoms with van der Waals surface area (Å²) in [4.78, 5) is 48.3. The van der Waals surface area contributed by atoms with E-state index in [2.05, 4.69) is 10.5 Å². The summed E-state index contributed by atoms with van der Waals surface area (Å²) in [7, 11) is 4.47. The van der Waals surface area contributed by atoms with Gasteiger partial charge in [0.15, 0.2) is 22.8 Å². The number of oxime groups is 1. The molecule has 4 rings (SSSR count). The van der Waals surface area contributed by atoms with E-state index in [4.69, 9.17) is 14.3 Å². The van der Waals surface area contributed by atoms with E-state index >= 15 is 0 Å². The van der Waals surface area contributed by atoms with Crippen molar-refractivity contribution in [1.82, 2.24) is 10.2 Å². The molecule has 3 aromatic rings.